The maximum atomic E-state index is 11.9. The minimum Gasteiger partial charge on any atom is -0.378 e. The van der Waals surface area contributed by atoms with E-state index < -0.39 is 10.0 Å². The first-order valence-corrected chi connectivity index (χ1v) is 12.6. The van der Waals surface area contributed by atoms with Gasteiger partial charge in [0.1, 0.15) is 5.82 Å². The lowest BCUT2D eigenvalue weighted by molar-refractivity contribution is 0.122. The van der Waals surface area contributed by atoms with E-state index in [4.69, 9.17) is 9.72 Å². The molecule has 0 radical (unpaired) electrons. The van der Waals surface area contributed by atoms with Crippen LogP contribution in [0.25, 0.3) is 22.0 Å². The molecule has 1 saturated heterocycles. The van der Waals surface area contributed by atoms with Gasteiger partial charge in [0.05, 0.1) is 30.6 Å². The first-order chi connectivity index (χ1) is 17.0. The number of aromatic nitrogens is 3. The lowest BCUT2D eigenvalue weighted by Crippen LogP contribution is -2.36. The second-order valence-electron chi connectivity index (χ2n) is 7.96. The molecule has 0 bridgehead atoms. The fraction of sp³-hybridized carbons (Fsp3) is 0.160. The Hall–Kier alpha value is -4.02. The van der Waals surface area contributed by atoms with Gasteiger partial charge in [-0.25, -0.2) is 23.4 Å². The Bertz CT molecular complexity index is 1470. The third-order valence-electron chi connectivity index (χ3n) is 5.60. The standard InChI is InChI=1S/C25H24N6O3S/c1-2-35(32,33)30-20-7-3-5-18(15-20)22-8-4-6-19-16-27-25(29-24(19)22)28-21-9-10-23(26-17-21)31-11-13-34-14-12-31/h2-10,15-17,30H,1,11-14H2,(H,27,28,29). The molecule has 178 valence electrons. The van der Waals surface area contributed by atoms with Gasteiger partial charge in [0.2, 0.25) is 5.95 Å². The zero-order valence-corrected chi connectivity index (χ0v) is 19.7. The zero-order valence-electron chi connectivity index (χ0n) is 18.9. The van der Waals surface area contributed by atoms with E-state index in [1.54, 1.807) is 30.6 Å². The van der Waals surface area contributed by atoms with Crippen LogP contribution in [-0.4, -0.2) is 49.7 Å². The van der Waals surface area contributed by atoms with Crippen molar-refractivity contribution in [3.63, 3.8) is 0 Å². The lowest BCUT2D eigenvalue weighted by atomic mass is 10.0. The monoisotopic (exact) mass is 488 g/mol. The second-order valence-corrected chi connectivity index (χ2v) is 9.59. The molecule has 10 heteroatoms. The number of morpholine rings is 1. The van der Waals surface area contributed by atoms with Crippen LogP contribution in [0.15, 0.2) is 79.0 Å². The average Bonchev–Trinajstić information content (AvgIpc) is 2.89. The van der Waals surface area contributed by atoms with E-state index in [1.807, 2.05) is 36.4 Å². The van der Waals surface area contributed by atoms with E-state index in [9.17, 15) is 8.42 Å². The van der Waals surface area contributed by atoms with Crippen molar-refractivity contribution in [3.8, 4) is 11.1 Å². The summed E-state index contributed by atoms with van der Waals surface area (Å²) in [6.45, 7) is 6.40. The van der Waals surface area contributed by atoms with Gasteiger partial charge in [0.15, 0.2) is 0 Å². The Kier molecular flexibility index (Phi) is 6.30. The summed E-state index contributed by atoms with van der Waals surface area (Å²) < 4.78 is 31.7. The Morgan fingerprint density at radius 2 is 1.80 bits per heavy atom. The highest BCUT2D eigenvalue weighted by atomic mass is 32.2. The summed E-state index contributed by atoms with van der Waals surface area (Å²) in [4.78, 5) is 15.9. The van der Waals surface area contributed by atoms with Crippen LogP contribution in [0, 0.1) is 0 Å². The predicted octanol–water partition coefficient (Wildman–Crippen LogP) is 4.16. The van der Waals surface area contributed by atoms with Crippen LogP contribution in [-0.2, 0) is 14.8 Å². The summed E-state index contributed by atoms with van der Waals surface area (Å²) in [6, 6.07) is 16.9. The molecule has 0 amide bonds. The van der Waals surface area contributed by atoms with Gasteiger partial charge in [-0.05, 0) is 29.8 Å². The second kappa shape index (κ2) is 9.69. The number of benzene rings is 2. The Labute approximate surface area is 203 Å². The summed E-state index contributed by atoms with van der Waals surface area (Å²) in [5.41, 5.74) is 3.64. The van der Waals surface area contributed by atoms with Gasteiger partial charge in [-0.2, -0.15) is 0 Å². The van der Waals surface area contributed by atoms with Crippen LogP contribution in [0.2, 0.25) is 0 Å². The molecule has 0 spiro atoms. The molecule has 1 aliphatic rings. The Morgan fingerprint density at radius 1 is 0.971 bits per heavy atom. The van der Waals surface area contributed by atoms with Crippen LogP contribution < -0.4 is 14.9 Å². The Balaban J connectivity index is 1.42. The number of para-hydroxylation sites is 1. The number of anilines is 4. The van der Waals surface area contributed by atoms with Gasteiger partial charge >= 0.3 is 0 Å². The van der Waals surface area contributed by atoms with E-state index in [-0.39, 0.29) is 0 Å². The lowest BCUT2D eigenvalue weighted by Gasteiger charge is -2.27. The van der Waals surface area contributed by atoms with E-state index in [0.29, 0.717) is 24.8 Å². The molecule has 0 unspecified atom stereocenters. The minimum atomic E-state index is -3.60. The molecule has 1 fully saturated rings. The summed E-state index contributed by atoms with van der Waals surface area (Å²) in [6.07, 6.45) is 3.52. The number of fused-ring (bicyclic) bond motifs is 1. The summed E-state index contributed by atoms with van der Waals surface area (Å²) in [5, 5.41) is 4.97. The normalized spacial score (nSPS) is 14.0. The highest BCUT2D eigenvalue weighted by Gasteiger charge is 2.13. The van der Waals surface area contributed by atoms with Crippen molar-refractivity contribution in [2.45, 2.75) is 0 Å². The summed E-state index contributed by atoms with van der Waals surface area (Å²) in [5.74, 6) is 1.35. The maximum Gasteiger partial charge on any atom is 0.254 e. The van der Waals surface area contributed by atoms with E-state index >= 15 is 0 Å². The minimum absolute atomic E-state index is 0.439. The van der Waals surface area contributed by atoms with E-state index in [0.717, 1.165) is 52.0 Å². The van der Waals surface area contributed by atoms with Crippen LogP contribution >= 0.6 is 0 Å². The van der Waals surface area contributed by atoms with Crippen molar-refractivity contribution in [2.75, 3.05) is 41.2 Å². The van der Waals surface area contributed by atoms with Crippen molar-refractivity contribution in [1.29, 1.82) is 0 Å². The average molecular weight is 489 g/mol. The fourth-order valence-electron chi connectivity index (χ4n) is 3.87. The fourth-order valence-corrected chi connectivity index (χ4v) is 4.41. The number of hydrogen-bond acceptors (Lipinski definition) is 8. The largest absolute Gasteiger partial charge is 0.378 e. The predicted molar refractivity (Wildman–Crippen MR) is 138 cm³/mol. The molecule has 4 aromatic rings. The topological polar surface area (TPSA) is 109 Å². The Morgan fingerprint density at radius 3 is 2.57 bits per heavy atom. The van der Waals surface area contributed by atoms with Gasteiger partial charge in [0, 0.05) is 41.3 Å². The number of nitrogens with zero attached hydrogens (tertiary/aromatic N) is 4. The molecular weight excluding hydrogens is 464 g/mol. The van der Waals surface area contributed by atoms with E-state index in [2.05, 4.69) is 31.5 Å². The molecule has 5 rings (SSSR count). The van der Waals surface area contributed by atoms with Gasteiger partial charge in [-0.1, -0.05) is 36.9 Å². The van der Waals surface area contributed by atoms with E-state index in [1.165, 1.54) is 0 Å². The highest BCUT2D eigenvalue weighted by molar-refractivity contribution is 7.95. The van der Waals surface area contributed by atoms with Gasteiger partial charge in [-0.3, -0.25) is 4.72 Å². The number of rotatable bonds is 7. The third-order valence-corrected chi connectivity index (χ3v) is 6.56. The molecule has 0 aliphatic carbocycles. The van der Waals surface area contributed by atoms with Gasteiger partial charge < -0.3 is 15.0 Å². The molecule has 3 heterocycles. The molecule has 0 atom stereocenters. The number of nitrogens with one attached hydrogen (secondary N) is 2. The van der Waals surface area contributed by atoms with Crippen LogP contribution in [0.1, 0.15) is 0 Å². The molecule has 1 aliphatic heterocycles. The van der Waals surface area contributed by atoms with Gasteiger partial charge in [0.25, 0.3) is 10.0 Å². The maximum absolute atomic E-state index is 11.9. The SMILES string of the molecule is C=CS(=O)(=O)Nc1cccc(-c2cccc3cnc(Nc4ccc(N5CCOCC5)nc4)nc23)c1. The molecule has 0 saturated carbocycles. The number of sulfonamides is 1. The first-order valence-electron chi connectivity index (χ1n) is 11.1. The van der Waals surface area contributed by atoms with Crippen molar-refractivity contribution in [1.82, 2.24) is 15.0 Å². The summed E-state index contributed by atoms with van der Waals surface area (Å²) in [7, 11) is -3.60. The van der Waals surface area contributed by atoms with Crippen LogP contribution in [0.5, 0.6) is 0 Å². The number of hydrogen-bond donors (Lipinski definition) is 2. The number of ether oxygens (including phenoxy) is 1. The smallest absolute Gasteiger partial charge is 0.254 e. The first kappa shape index (κ1) is 22.8. The molecule has 2 N–H and O–H groups in total. The zero-order chi connectivity index (χ0) is 24.3. The highest BCUT2D eigenvalue weighted by Crippen LogP contribution is 2.30. The molecule has 2 aromatic carbocycles. The van der Waals surface area contributed by atoms with Crippen LogP contribution in [0.4, 0.5) is 23.1 Å². The van der Waals surface area contributed by atoms with Crippen molar-refractivity contribution in [3.05, 3.63) is 79.0 Å². The van der Waals surface area contributed by atoms with Crippen molar-refractivity contribution >= 4 is 44.1 Å². The van der Waals surface area contributed by atoms with Crippen molar-refractivity contribution < 1.29 is 13.2 Å². The summed E-state index contributed by atoms with van der Waals surface area (Å²) >= 11 is 0. The molecular formula is C25H24N6O3S. The molecule has 2 aromatic heterocycles. The van der Waals surface area contributed by atoms with Gasteiger partial charge in [-0.15, -0.1) is 0 Å². The van der Waals surface area contributed by atoms with Crippen molar-refractivity contribution in [2.24, 2.45) is 0 Å². The quantitative estimate of drug-likeness (QED) is 0.399. The number of pyridine rings is 1. The third kappa shape index (κ3) is 5.23. The molecule has 9 nitrogen and oxygen atoms in total. The van der Waals surface area contributed by atoms with Crippen LogP contribution in [0.3, 0.4) is 0 Å². The molecule has 35 heavy (non-hydrogen) atoms.